The van der Waals surface area contributed by atoms with Gasteiger partial charge in [-0.1, -0.05) is 43.4 Å². The SMILES string of the molecule is CC1/C=C\CC/C=C/CC/C=C\C1. The molecule has 13 heavy (non-hydrogen) atoms. The summed E-state index contributed by atoms with van der Waals surface area (Å²) in [6, 6.07) is 0. The molecule has 0 fully saturated rings. The van der Waals surface area contributed by atoms with E-state index in [0.29, 0.717) is 5.92 Å². The molecular weight excluding hydrogens is 156 g/mol. The second-order valence-electron chi connectivity index (χ2n) is 3.74. The van der Waals surface area contributed by atoms with Crippen molar-refractivity contribution in [1.29, 1.82) is 0 Å². The summed E-state index contributed by atoms with van der Waals surface area (Å²) in [5.74, 6) is 0.708. The third-order valence-corrected chi connectivity index (χ3v) is 2.31. The molecule has 0 aromatic rings. The number of hydrogen-bond donors (Lipinski definition) is 0. The van der Waals surface area contributed by atoms with Gasteiger partial charge in [-0.3, -0.25) is 0 Å². The lowest BCUT2D eigenvalue weighted by atomic mass is 10.1. The van der Waals surface area contributed by atoms with Crippen molar-refractivity contribution in [2.24, 2.45) is 5.92 Å². The highest BCUT2D eigenvalue weighted by Crippen LogP contribution is 2.08. The Morgan fingerprint density at radius 1 is 0.769 bits per heavy atom. The predicted octanol–water partition coefficient (Wildman–Crippen LogP) is 4.26. The van der Waals surface area contributed by atoms with Crippen LogP contribution in [0.3, 0.4) is 0 Å². The average molecular weight is 176 g/mol. The molecule has 0 aromatic heterocycles. The van der Waals surface area contributed by atoms with Crippen LogP contribution in [-0.2, 0) is 0 Å². The first-order valence-electron chi connectivity index (χ1n) is 5.36. The molecule has 0 nitrogen and oxygen atoms in total. The molecular formula is C13H20. The summed E-state index contributed by atoms with van der Waals surface area (Å²) in [6.07, 6.45) is 19.8. The van der Waals surface area contributed by atoms with Gasteiger partial charge in [0.05, 0.1) is 0 Å². The molecule has 0 aromatic carbocycles. The Hall–Kier alpha value is -0.780. The van der Waals surface area contributed by atoms with Gasteiger partial charge in [0.2, 0.25) is 0 Å². The Kier molecular flexibility index (Phi) is 5.31. The monoisotopic (exact) mass is 176 g/mol. The van der Waals surface area contributed by atoms with E-state index in [1.165, 1.54) is 32.1 Å². The first-order valence-corrected chi connectivity index (χ1v) is 5.36. The van der Waals surface area contributed by atoms with Crippen LogP contribution >= 0.6 is 0 Å². The molecule has 0 N–H and O–H groups in total. The zero-order chi connectivity index (χ0) is 9.36. The highest BCUT2D eigenvalue weighted by Gasteiger charge is 1.92. The van der Waals surface area contributed by atoms with Gasteiger partial charge in [-0.25, -0.2) is 0 Å². The van der Waals surface area contributed by atoms with Crippen molar-refractivity contribution in [2.75, 3.05) is 0 Å². The van der Waals surface area contributed by atoms with E-state index in [9.17, 15) is 0 Å². The molecule has 0 spiro atoms. The second kappa shape index (κ2) is 6.71. The first-order chi connectivity index (χ1) is 6.39. The fraction of sp³-hybridized carbons (Fsp3) is 0.538. The van der Waals surface area contributed by atoms with Crippen LogP contribution < -0.4 is 0 Å². The summed E-state index contributed by atoms with van der Waals surface area (Å²) in [4.78, 5) is 0. The lowest BCUT2D eigenvalue weighted by Crippen LogP contribution is -1.86. The molecule has 72 valence electrons. The van der Waals surface area contributed by atoms with Crippen LogP contribution in [0.2, 0.25) is 0 Å². The van der Waals surface area contributed by atoms with Gasteiger partial charge in [0.25, 0.3) is 0 Å². The summed E-state index contributed by atoms with van der Waals surface area (Å²) < 4.78 is 0. The van der Waals surface area contributed by atoms with Crippen molar-refractivity contribution in [2.45, 2.75) is 39.0 Å². The maximum atomic E-state index is 2.33. The molecule has 0 saturated heterocycles. The standard InChI is InChI=1S/C13H20/c1-13-11-9-7-5-3-2-4-6-8-10-12-13/h2-3,8-11,13H,4-7,12H2,1H3/b3-2+,10-8-,11-9-. The highest BCUT2D eigenvalue weighted by molar-refractivity contribution is 4.96. The van der Waals surface area contributed by atoms with Crippen LogP contribution in [0.25, 0.3) is 0 Å². The second-order valence-corrected chi connectivity index (χ2v) is 3.74. The van der Waals surface area contributed by atoms with Crippen molar-refractivity contribution in [1.82, 2.24) is 0 Å². The predicted molar refractivity (Wildman–Crippen MR) is 59.7 cm³/mol. The van der Waals surface area contributed by atoms with Crippen molar-refractivity contribution >= 4 is 0 Å². The van der Waals surface area contributed by atoms with E-state index in [1.54, 1.807) is 0 Å². The van der Waals surface area contributed by atoms with E-state index < -0.39 is 0 Å². The third-order valence-electron chi connectivity index (χ3n) is 2.31. The molecule has 1 atom stereocenters. The first kappa shape index (κ1) is 10.3. The summed E-state index contributed by atoms with van der Waals surface area (Å²) in [6.45, 7) is 2.28. The van der Waals surface area contributed by atoms with Crippen LogP contribution in [-0.4, -0.2) is 0 Å². The molecule has 0 heteroatoms. The Morgan fingerprint density at radius 3 is 2.00 bits per heavy atom. The normalized spacial score (nSPS) is 32.5. The number of hydrogen-bond acceptors (Lipinski definition) is 0. The number of allylic oxidation sites excluding steroid dienone is 6. The van der Waals surface area contributed by atoms with Crippen molar-refractivity contribution < 1.29 is 0 Å². The molecule has 1 unspecified atom stereocenters. The van der Waals surface area contributed by atoms with E-state index in [-0.39, 0.29) is 0 Å². The number of rotatable bonds is 0. The van der Waals surface area contributed by atoms with Crippen molar-refractivity contribution in [3.05, 3.63) is 36.5 Å². The Balaban J connectivity index is 2.41. The van der Waals surface area contributed by atoms with E-state index in [0.717, 1.165) is 0 Å². The molecule has 1 aliphatic carbocycles. The van der Waals surface area contributed by atoms with Crippen LogP contribution in [0.4, 0.5) is 0 Å². The minimum absolute atomic E-state index is 0.708. The van der Waals surface area contributed by atoms with Crippen LogP contribution in [0.15, 0.2) is 36.5 Å². The lowest BCUT2D eigenvalue weighted by molar-refractivity contribution is 0.736. The van der Waals surface area contributed by atoms with Crippen LogP contribution in [0.1, 0.15) is 39.0 Å². The van der Waals surface area contributed by atoms with Crippen molar-refractivity contribution in [3.8, 4) is 0 Å². The van der Waals surface area contributed by atoms with Gasteiger partial charge >= 0.3 is 0 Å². The van der Waals surface area contributed by atoms with Crippen molar-refractivity contribution in [3.63, 3.8) is 0 Å². The average Bonchev–Trinajstić information content (AvgIpc) is 2.11. The van der Waals surface area contributed by atoms with Gasteiger partial charge in [0.1, 0.15) is 0 Å². The molecule has 1 rings (SSSR count). The minimum Gasteiger partial charge on any atom is -0.0882 e. The van der Waals surface area contributed by atoms with Gasteiger partial charge in [0.15, 0.2) is 0 Å². The fourth-order valence-electron chi connectivity index (χ4n) is 1.46. The van der Waals surface area contributed by atoms with Gasteiger partial charge in [-0.2, -0.15) is 0 Å². The van der Waals surface area contributed by atoms with Gasteiger partial charge in [0, 0.05) is 0 Å². The largest absolute Gasteiger partial charge is 0.0882 e. The third kappa shape index (κ3) is 5.46. The summed E-state index contributed by atoms with van der Waals surface area (Å²) >= 11 is 0. The molecule has 0 saturated carbocycles. The minimum atomic E-state index is 0.708. The van der Waals surface area contributed by atoms with E-state index >= 15 is 0 Å². The maximum absolute atomic E-state index is 2.33. The van der Waals surface area contributed by atoms with Gasteiger partial charge in [-0.05, 0) is 38.0 Å². The van der Waals surface area contributed by atoms with E-state index in [4.69, 9.17) is 0 Å². The zero-order valence-electron chi connectivity index (χ0n) is 8.58. The highest BCUT2D eigenvalue weighted by atomic mass is 14.0. The lowest BCUT2D eigenvalue weighted by Gasteiger charge is -2.01. The smallest absolute Gasteiger partial charge is 0.0227 e. The summed E-state index contributed by atoms with van der Waals surface area (Å²) in [7, 11) is 0. The Labute approximate surface area is 82.0 Å². The molecule has 0 aliphatic heterocycles. The Bertz CT molecular complexity index is 196. The summed E-state index contributed by atoms with van der Waals surface area (Å²) in [5, 5.41) is 0. The quantitative estimate of drug-likeness (QED) is 0.484. The summed E-state index contributed by atoms with van der Waals surface area (Å²) in [5.41, 5.74) is 0. The van der Waals surface area contributed by atoms with E-state index in [2.05, 4.69) is 43.4 Å². The van der Waals surface area contributed by atoms with E-state index in [1.807, 2.05) is 0 Å². The van der Waals surface area contributed by atoms with Gasteiger partial charge in [-0.15, -0.1) is 0 Å². The molecule has 0 bridgehead atoms. The zero-order valence-corrected chi connectivity index (χ0v) is 8.58. The van der Waals surface area contributed by atoms with Gasteiger partial charge < -0.3 is 0 Å². The Morgan fingerprint density at radius 2 is 1.31 bits per heavy atom. The molecule has 0 heterocycles. The molecule has 0 amide bonds. The maximum Gasteiger partial charge on any atom is -0.0227 e. The fourth-order valence-corrected chi connectivity index (χ4v) is 1.46. The topological polar surface area (TPSA) is 0 Å². The van der Waals surface area contributed by atoms with Crippen LogP contribution in [0.5, 0.6) is 0 Å². The van der Waals surface area contributed by atoms with Crippen LogP contribution in [0, 0.1) is 5.92 Å². The molecule has 1 aliphatic rings. The molecule has 0 radical (unpaired) electrons.